The summed E-state index contributed by atoms with van der Waals surface area (Å²) in [4.78, 5) is 0.222. The van der Waals surface area contributed by atoms with Crippen molar-refractivity contribution in [1.29, 1.82) is 0 Å². The Morgan fingerprint density at radius 1 is 1.56 bits per heavy atom. The zero-order valence-electron chi connectivity index (χ0n) is 9.42. The Balaban J connectivity index is 2.00. The molecule has 0 radical (unpaired) electrons. The molecule has 2 unspecified atom stereocenters. The van der Waals surface area contributed by atoms with Crippen molar-refractivity contribution in [3.05, 3.63) is 33.8 Å². The van der Waals surface area contributed by atoms with Crippen molar-refractivity contribution < 1.29 is 0 Å². The monoisotopic (exact) mass is 297 g/mol. The van der Waals surface area contributed by atoms with Crippen LogP contribution in [0.3, 0.4) is 0 Å². The van der Waals surface area contributed by atoms with E-state index < -0.39 is 0 Å². The van der Waals surface area contributed by atoms with Crippen LogP contribution in [0.2, 0.25) is 0 Å². The highest BCUT2D eigenvalue weighted by molar-refractivity contribution is 9.10. The second kappa shape index (κ2) is 4.04. The van der Waals surface area contributed by atoms with Gasteiger partial charge in [0.2, 0.25) is 0 Å². The van der Waals surface area contributed by atoms with E-state index in [0.717, 1.165) is 0 Å². The van der Waals surface area contributed by atoms with Gasteiger partial charge in [-0.05, 0) is 36.5 Å². The Morgan fingerprint density at radius 3 is 3.19 bits per heavy atom. The van der Waals surface area contributed by atoms with E-state index in [1.165, 1.54) is 40.6 Å². The van der Waals surface area contributed by atoms with Gasteiger partial charge in [0.05, 0.1) is 4.87 Å². The molecule has 1 heterocycles. The molecule has 86 valence electrons. The van der Waals surface area contributed by atoms with Gasteiger partial charge in [0.25, 0.3) is 0 Å². The van der Waals surface area contributed by atoms with Crippen LogP contribution in [0.15, 0.2) is 22.7 Å². The van der Waals surface area contributed by atoms with Crippen LogP contribution in [0.5, 0.6) is 0 Å². The lowest BCUT2D eigenvalue weighted by Gasteiger charge is -2.25. The van der Waals surface area contributed by atoms with E-state index in [1.807, 2.05) is 0 Å². The number of thioether (sulfide) groups is 1. The average molecular weight is 298 g/mol. The van der Waals surface area contributed by atoms with Crippen LogP contribution in [0.25, 0.3) is 0 Å². The summed E-state index contributed by atoms with van der Waals surface area (Å²) in [6.45, 7) is 2.27. The van der Waals surface area contributed by atoms with Gasteiger partial charge in [-0.2, -0.15) is 0 Å². The van der Waals surface area contributed by atoms with Gasteiger partial charge in [0.1, 0.15) is 0 Å². The zero-order chi connectivity index (χ0) is 11.2. The van der Waals surface area contributed by atoms with Crippen LogP contribution in [-0.4, -0.2) is 11.8 Å². The van der Waals surface area contributed by atoms with Crippen LogP contribution < -0.4 is 5.32 Å². The first-order valence-electron chi connectivity index (χ1n) is 5.95. The zero-order valence-corrected chi connectivity index (χ0v) is 11.8. The summed E-state index contributed by atoms with van der Waals surface area (Å²) in [5.41, 5.74) is 3.03. The van der Waals surface area contributed by atoms with Crippen LogP contribution in [-0.2, 0) is 11.3 Å². The van der Waals surface area contributed by atoms with Gasteiger partial charge >= 0.3 is 0 Å². The molecule has 1 saturated heterocycles. The van der Waals surface area contributed by atoms with E-state index in [9.17, 15) is 0 Å². The third kappa shape index (κ3) is 1.56. The Morgan fingerprint density at radius 2 is 2.44 bits per heavy atom. The number of halogens is 1. The maximum atomic E-state index is 3.84. The quantitative estimate of drug-likeness (QED) is 0.849. The van der Waals surface area contributed by atoms with Gasteiger partial charge in [-0.3, -0.25) is 5.32 Å². The predicted molar refractivity (Wildman–Crippen MR) is 73.8 cm³/mol. The van der Waals surface area contributed by atoms with Crippen molar-refractivity contribution in [1.82, 2.24) is 5.32 Å². The maximum absolute atomic E-state index is 3.84. The fraction of sp³-hybridized carbons (Fsp3) is 0.538. The van der Waals surface area contributed by atoms with Gasteiger partial charge in [0.15, 0.2) is 0 Å². The van der Waals surface area contributed by atoms with Gasteiger partial charge in [-0.25, -0.2) is 0 Å². The summed E-state index contributed by atoms with van der Waals surface area (Å²) in [5, 5.41) is 3.84. The number of rotatable bonds is 1. The minimum atomic E-state index is 0.222. The first kappa shape index (κ1) is 11.1. The van der Waals surface area contributed by atoms with Crippen molar-refractivity contribution in [2.24, 2.45) is 0 Å². The van der Waals surface area contributed by atoms with E-state index >= 15 is 0 Å². The number of hydrogen-bond acceptors (Lipinski definition) is 2. The second-order valence-electron chi connectivity index (χ2n) is 4.65. The average Bonchev–Trinajstić information content (AvgIpc) is 2.87. The molecule has 1 spiro atoms. The van der Waals surface area contributed by atoms with E-state index in [4.69, 9.17) is 0 Å². The molecule has 2 atom stereocenters. The largest absolute Gasteiger partial charge is 0.295 e. The lowest BCUT2D eigenvalue weighted by atomic mass is 10.1. The first-order valence-corrected chi connectivity index (χ1v) is 7.72. The molecule has 0 aromatic heterocycles. The van der Waals surface area contributed by atoms with Crippen LogP contribution in [0.1, 0.15) is 30.9 Å². The molecule has 1 aliphatic carbocycles. The third-order valence-corrected chi connectivity index (χ3v) is 6.09. The summed E-state index contributed by atoms with van der Waals surface area (Å²) in [7, 11) is 0. The van der Waals surface area contributed by atoms with E-state index in [-0.39, 0.29) is 4.87 Å². The van der Waals surface area contributed by atoms with Crippen LogP contribution in [0.4, 0.5) is 0 Å². The number of nitrogens with one attached hydrogen (secondary N) is 1. The second-order valence-corrected chi connectivity index (χ2v) is 6.83. The molecule has 0 saturated carbocycles. The number of fused-ring (bicyclic) bond motifs is 2. The maximum Gasteiger partial charge on any atom is 0.0910 e. The van der Waals surface area contributed by atoms with E-state index in [2.05, 4.69) is 58.1 Å². The van der Waals surface area contributed by atoms with Crippen molar-refractivity contribution >= 4 is 27.7 Å². The summed E-state index contributed by atoms with van der Waals surface area (Å²) in [5.74, 6) is 1.25. The molecule has 1 aromatic rings. The molecular formula is C13H16BrNS. The summed E-state index contributed by atoms with van der Waals surface area (Å²) >= 11 is 5.78. The highest BCUT2D eigenvalue weighted by atomic mass is 79.9. The number of hydrogen-bond donors (Lipinski definition) is 1. The van der Waals surface area contributed by atoms with Crippen LogP contribution >= 0.6 is 27.7 Å². The van der Waals surface area contributed by atoms with Crippen molar-refractivity contribution in [3.63, 3.8) is 0 Å². The highest BCUT2D eigenvalue weighted by Gasteiger charge is 2.44. The van der Waals surface area contributed by atoms with Crippen molar-refractivity contribution in [2.75, 3.05) is 5.75 Å². The summed E-state index contributed by atoms with van der Waals surface area (Å²) < 4.78 is 1.28. The molecular weight excluding hydrogens is 282 g/mol. The summed E-state index contributed by atoms with van der Waals surface area (Å²) in [6, 6.07) is 7.31. The van der Waals surface area contributed by atoms with Gasteiger partial charge in [-0.1, -0.05) is 35.0 Å². The van der Waals surface area contributed by atoms with Crippen molar-refractivity contribution in [3.8, 4) is 0 Å². The summed E-state index contributed by atoms with van der Waals surface area (Å²) in [6.07, 6.45) is 3.68. The molecule has 16 heavy (non-hydrogen) atoms. The van der Waals surface area contributed by atoms with E-state index in [1.54, 1.807) is 0 Å². The van der Waals surface area contributed by atoms with E-state index in [0.29, 0.717) is 6.04 Å². The Hall–Kier alpha value is 0.01000. The topological polar surface area (TPSA) is 12.0 Å². The number of benzene rings is 1. The smallest absolute Gasteiger partial charge is 0.0910 e. The Labute approximate surface area is 110 Å². The molecule has 2 aliphatic rings. The fourth-order valence-corrected chi connectivity index (χ4v) is 5.01. The minimum Gasteiger partial charge on any atom is -0.295 e. The molecule has 1 aromatic carbocycles. The van der Waals surface area contributed by atoms with Crippen LogP contribution in [0, 0.1) is 0 Å². The van der Waals surface area contributed by atoms with Crippen molar-refractivity contribution in [2.45, 2.75) is 37.1 Å². The predicted octanol–water partition coefficient (Wildman–Crippen LogP) is 3.66. The van der Waals surface area contributed by atoms with Gasteiger partial charge in [-0.15, -0.1) is 11.8 Å². The molecule has 0 amide bonds. The normalized spacial score (nSPS) is 32.2. The standard InChI is InChI=1S/C13H16BrNS/c1-2-9-8-16-13(15-9)7-6-10-11(13)4-3-5-12(10)14/h3-5,9,15H,2,6-8H2,1H3. The third-order valence-electron chi connectivity index (χ3n) is 3.74. The lowest BCUT2D eigenvalue weighted by Crippen LogP contribution is -2.37. The van der Waals surface area contributed by atoms with Gasteiger partial charge in [0, 0.05) is 16.3 Å². The lowest BCUT2D eigenvalue weighted by molar-refractivity contribution is 0.440. The Kier molecular flexibility index (Phi) is 2.81. The molecule has 1 aliphatic heterocycles. The molecule has 1 nitrogen and oxygen atoms in total. The SMILES string of the molecule is CCC1CSC2(CCc3c(Br)cccc32)N1. The molecule has 1 N–H and O–H groups in total. The van der Waals surface area contributed by atoms with Gasteiger partial charge < -0.3 is 0 Å². The highest BCUT2D eigenvalue weighted by Crippen LogP contribution is 2.50. The molecule has 3 heteroatoms. The molecule has 0 bridgehead atoms. The molecule has 3 rings (SSSR count). The first-order chi connectivity index (χ1) is 7.75. The molecule has 1 fully saturated rings. The Bertz CT molecular complexity index is 420. The minimum absolute atomic E-state index is 0.222. The fourth-order valence-electron chi connectivity index (χ4n) is 2.80.